The maximum atomic E-state index is 12.9. The quantitative estimate of drug-likeness (QED) is 0.481. The first-order chi connectivity index (χ1) is 15.5. The smallest absolute Gasteiger partial charge is 0.335 e. The second kappa shape index (κ2) is 9.17. The molecule has 0 atom stereocenters. The number of carboxylic acids is 1. The summed E-state index contributed by atoms with van der Waals surface area (Å²) in [5.74, 6) is -0.698. The molecular weight excluding hydrogens is 408 g/mol. The molecule has 0 bridgehead atoms. The van der Waals surface area contributed by atoms with Crippen LogP contribution in [0.3, 0.4) is 0 Å². The van der Waals surface area contributed by atoms with E-state index in [1.54, 1.807) is 54.7 Å². The monoisotopic (exact) mass is 428 g/mol. The Bertz CT molecular complexity index is 1240. The third-order valence-corrected chi connectivity index (χ3v) is 4.83. The molecule has 9 nitrogen and oxygen atoms in total. The van der Waals surface area contributed by atoms with E-state index in [2.05, 4.69) is 20.4 Å². The van der Waals surface area contributed by atoms with Crippen molar-refractivity contribution in [3.8, 4) is 11.4 Å². The third-order valence-electron chi connectivity index (χ3n) is 4.83. The average Bonchev–Trinajstić information content (AvgIpc) is 3.28. The lowest BCUT2D eigenvalue weighted by Crippen LogP contribution is -2.26. The molecule has 9 heteroatoms. The highest BCUT2D eigenvalue weighted by atomic mass is 16.4. The molecule has 4 aromatic rings. The minimum Gasteiger partial charge on any atom is -0.478 e. The molecule has 0 radical (unpaired) electrons. The van der Waals surface area contributed by atoms with E-state index in [-0.39, 0.29) is 11.5 Å². The van der Waals surface area contributed by atoms with Gasteiger partial charge in [0.25, 0.3) is 5.91 Å². The van der Waals surface area contributed by atoms with Gasteiger partial charge < -0.3 is 10.0 Å². The van der Waals surface area contributed by atoms with E-state index >= 15 is 0 Å². The Labute approximate surface area is 184 Å². The van der Waals surface area contributed by atoms with Crippen molar-refractivity contribution in [3.63, 3.8) is 0 Å². The fourth-order valence-electron chi connectivity index (χ4n) is 3.19. The SMILES string of the molecule is CN(Cc1cccnc1)C(=O)c1cccc(-c2nnn(Cc3ccc(C(=O)O)cc3)n2)c1. The van der Waals surface area contributed by atoms with Gasteiger partial charge >= 0.3 is 5.97 Å². The molecule has 0 saturated carbocycles. The van der Waals surface area contributed by atoms with Crippen LogP contribution in [0.15, 0.2) is 73.1 Å². The van der Waals surface area contributed by atoms with Crippen LogP contribution in [0.25, 0.3) is 11.4 Å². The van der Waals surface area contributed by atoms with E-state index in [4.69, 9.17) is 5.11 Å². The van der Waals surface area contributed by atoms with Crippen molar-refractivity contribution in [2.45, 2.75) is 13.1 Å². The molecule has 0 aliphatic heterocycles. The lowest BCUT2D eigenvalue weighted by molar-refractivity contribution is 0.0696. The first-order valence-electron chi connectivity index (χ1n) is 9.84. The minimum atomic E-state index is -0.974. The summed E-state index contributed by atoms with van der Waals surface area (Å²) in [6, 6.07) is 17.3. The van der Waals surface area contributed by atoms with Gasteiger partial charge in [0.05, 0.1) is 12.1 Å². The maximum absolute atomic E-state index is 12.9. The molecule has 2 heterocycles. The highest BCUT2D eigenvalue weighted by Gasteiger charge is 2.15. The van der Waals surface area contributed by atoms with Crippen LogP contribution in [0.2, 0.25) is 0 Å². The summed E-state index contributed by atoms with van der Waals surface area (Å²) in [6.45, 7) is 0.797. The molecule has 2 aromatic carbocycles. The molecule has 0 aliphatic rings. The summed E-state index contributed by atoms with van der Waals surface area (Å²) < 4.78 is 0. The van der Waals surface area contributed by atoms with Gasteiger partial charge in [-0.15, -0.1) is 10.2 Å². The van der Waals surface area contributed by atoms with Crippen molar-refractivity contribution < 1.29 is 14.7 Å². The summed E-state index contributed by atoms with van der Waals surface area (Å²) in [6.07, 6.45) is 3.43. The summed E-state index contributed by atoms with van der Waals surface area (Å²) >= 11 is 0. The summed E-state index contributed by atoms with van der Waals surface area (Å²) in [7, 11) is 1.74. The number of hydrogen-bond acceptors (Lipinski definition) is 6. The number of aromatic carboxylic acids is 1. The van der Waals surface area contributed by atoms with E-state index < -0.39 is 5.97 Å². The molecule has 0 spiro atoms. The Kier molecular flexibility index (Phi) is 5.98. The fourth-order valence-corrected chi connectivity index (χ4v) is 3.19. The predicted molar refractivity (Wildman–Crippen MR) is 116 cm³/mol. The zero-order valence-electron chi connectivity index (χ0n) is 17.3. The van der Waals surface area contributed by atoms with Gasteiger partial charge in [-0.2, -0.15) is 4.80 Å². The van der Waals surface area contributed by atoms with Gasteiger partial charge in [0.2, 0.25) is 5.82 Å². The number of carbonyl (C=O) groups excluding carboxylic acids is 1. The molecule has 32 heavy (non-hydrogen) atoms. The fraction of sp³-hybridized carbons (Fsp3) is 0.130. The number of aromatic nitrogens is 5. The largest absolute Gasteiger partial charge is 0.478 e. The predicted octanol–water partition coefficient (Wildman–Crippen LogP) is 2.75. The second-order valence-corrected chi connectivity index (χ2v) is 7.25. The average molecular weight is 428 g/mol. The van der Waals surface area contributed by atoms with Gasteiger partial charge in [0.1, 0.15) is 0 Å². The highest BCUT2D eigenvalue weighted by Crippen LogP contribution is 2.17. The Balaban J connectivity index is 1.47. The number of tetrazole rings is 1. The van der Waals surface area contributed by atoms with Crippen LogP contribution in [-0.2, 0) is 13.1 Å². The summed E-state index contributed by atoms with van der Waals surface area (Å²) in [5.41, 5.74) is 3.21. The normalized spacial score (nSPS) is 10.7. The Morgan fingerprint density at radius 2 is 1.81 bits per heavy atom. The molecule has 1 N–H and O–H groups in total. The second-order valence-electron chi connectivity index (χ2n) is 7.25. The van der Waals surface area contributed by atoms with Crippen LogP contribution in [0, 0.1) is 0 Å². The molecule has 0 unspecified atom stereocenters. The lowest BCUT2D eigenvalue weighted by atomic mass is 10.1. The first-order valence-corrected chi connectivity index (χ1v) is 9.84. The topological polar surface area (TPSA) is 114 Å². The van der Waals surface area contributed by atoms with Crippen molar-refractivity contribution in [2.24, 2.45) is 0 Å². The lowest BCUT2D eigenvalue weighted by Gasteiger charge is -2.17. The Morgan fingerprint density at radius 3 is 2.53 bits per heavy atom. The highest BCUT2D eigenvalue weighted by molar-refractivity contribution is 5.95. The Morgan fingerprint density at radius 1 is 1.00 bits per heavy atom. The van der Waals surface area contributed by atoms with Gasteiger partial charge in [0.15, 0.2) is 0 Å². The summed E-state index contributed by atoms with van der Waals surface area (Å²) in [5, 5.41) is 21.5. The Hall–Kier alpha value is -4.40. The van der Waals surface area contributed by atoms with Crippen LogP contribution in [0.1, 0.15) is 31.8 Å². The third kappa shape index (κ3) is 4.84. The first kappa shape index (κ1) is 20.9. The van der Waals surface area contributed by atoms with Crippen molar-refractivity contribution in [1.82, 2.24) is 30.1 Å². The van der Waals surface area contributed by atoms with Gasteiger partial charge in [-0.05, 0) is 46.7 Å². The molecule has 4 rings (SSSR count). The zero-order chi connectivity index (χ0) is 22.5. The van der Waals surface area contributed by atoms with Crippen LogP contribution in [-0.4, -0.2) is 54.1 Å². The number of carboxylic acid groups (broad SMARTS) is 1. The molecule has 1 amide bonds. The number of nitrogens with zero attached hydrogens (tertiary/aromatic N) is 6. The van der Waals surface area contributed by atoms with E-state index in [1.807, 2.05) is 18.2 Å². The number of pyridine rings is 1. The van der Waals surface area contributed by atoms with Crippen LogP contribution in [0.4, 0.5) is 0 Å². The van der Waals surface area contributed by atoms with Gasteiger partial charge in [-0.1, -0.05) is 30.3 Å². The van der Waals surface area contributed by atoms with E-state index in [9.17, 15) is 9.59 Å². The maximum Gasteiger partial charge on any atom is 0.335 e. The van der Waals surface area contributed by atoms with Crippen molar-refractivity contribution in [2.75, 3.05) is 7.05 Å². The van der Waals surface area contributed by atoms with Crippen LogP contribution < -0.4 is 0 Å². The van der Waals surface area contributed by atoms with Crippen molar-refractivity contribution in [1.29, 1.82) is 0 Å². The number of amides is 1. The van der Waals surface area contributed by atoms with Gasteiger partial charge in [-0.3, -0.25) is 9.78 Å². The zero-order valence-corrected chi connectivity index (χ0v) is 17.3. The van der Waals surface area contributed by atoms with Crippen LogP contribution >= 0.6 is 0 Å². The number of carbonyl (C=O) groups is 2. The van der Waals surface area contributed by atoms with Crippen molar-refractivity contribution >= 4 is 11.9 Å². The molecule has 160 valence electrons. The van der Waals surface area contributed by atoms with E-state index in [0.29, 0.717) is 30.0 Å². The molecule has 2 aromatic heterocycles. The molecule has 0 saturated heterocycles. The van der Waals surface area contributed by atoms with E-state index in [0.717, 1.165) is 11.1 Å². The summed E-state index contributed by atoms with van der Waals surface area (Å²) in [4.78, 5) is 31.0. The standard InChI is InChI=1S/C23H20N6O3/c1-28(14-17-4-3-11-24-13-17)22(30)20-6-2-5-19(12-20)21-25-27-29(26-21)15-16-7-9-18(10-8-16)23(31)32/h2-13H,14-15H2,1H3,(H,31,32). The van der Waals surface area contributed by atoms with E-state index in [1.165, 1.54) is 16.9 Å². The number of rotatable bonds is 7. The molecular formula is C23H20N6O3. The molecule has 0 aliphatic carbocycles. The molecule has 0 fully saturated rings. The van der Waals surface area contributed by atoms with Crippen molar-refractivity contribution in [3.05, 3.63) is 95.3 Å². The minimum absolute atomic E-state index is 0.124. The van der Waals surface area contributed by atoms with Gasteiger partial charge in [-0.25, -0.2) is 4.79 Å². The van der Waals surface area contributed by atoms with Gasteiger partial charge in [0, 0.05) is 37.1 Å². The number of benzene rings is 2. The van der Waals surface area contributed by atoms with Crippen LogP contribution in [0.5, 0.6) is 0 Å². The number of hydrogen-bond donors (Lipinski definition) is 1.